The normalized spacial score (nSPS) is 11.3. The Morgan fingerprint density at radius 1 is 1.47 bits per heavy atom. The lowest BCUT2D eigenvalue weighted by atomic mass is 10.1. The van der Waals surface area contributed by atoms with Crippen molar-refractivity contribution in [1.82, 2.24) is 4.37 Å². The highest BCUT2D eigenvalue weighted by Gasteiger charge is 2.02. The Bertz CT molecular complexity index is 508. The second-order valence-electron chi connectivity index (χ2n) is 3.58. The smallest absolute Gasteiger partial charge is 0.0658 e. The van der Waals surface area contributed by atoms with Crippen molar-refractivity contribution in [2.45, 2.75) is 13.3 Å². The second kappa shape index (κ2) is 4.41. The molecule has 0 saturated heterocycles. The van der Waals surface area contributed by atoms with E-state index in [0.29, 0.717) is 0 Å². The van der Waals surface area contributed by atoms with Crippen LogP contribution in [0, 0.1) is 0 Å². The van der Waals surface area contributed by atoms with Crippen LogP contribution in [0.5, 0.6) is 0 Å². The molecule has 0 bridgehead atoms. The van der Waals surface area contributed by atoms with Crippen LogP contribution in [0.25, 0.3) is 10.1 Å². The van der Waals surface area contributed by atoms with Crippen molar-refractivity contribution in [2.75, 3.05) is 0 Å². The van der Waals surface area contributed by atoms with Gasteiger partial charge in [0.1, 0.15) is 0 Å². The molecule has 15 heavy (non-hydrogen) atoms. The van der Waals surface area contributed by atoms with E-state index < -0.39 is 0 Å². The van der Waals surface area contributed by atoms with Crippen molar-refractivity contribution >= 4 is 21.6 Å². The van der Waals surface area contributed by atoms with Crippen LogP contribution in [0.2, 0.25) is 0 Å². The Balaban J connectivity index is 2.25. The lowest BCUT2D eigenvalue weighted by Gasteiger charge is -1.91. The molecule has 1 aromatic carbocycles. The molecular formula is C13H13NS. The van der Waals surface area contributed by atoms with Crippen LogP contribution in [0.1, 0.15) is 12.6 Å². The monoisotopic (exact) mass is 215 g/mol. The summed E-state index contributed by atoms with van der Waals surface area (Å²) < 4.78 is 5.71. The lowest BCUT2D eigenvalue weighted by Crippen LogP contribution is -1.80. The number of aromatic nitrogens is 1. The van der Waals surface area contributed by atoms with Gasteiger partial charge in [0.05, 0.1) is 10.4 Å². The quantitative estimate of drug-likeness (QED) is 0.706. The van der Waals surface area contributed by atoms with Gasteiger partial charge < -0.3 is 0 Å². The molecule has 0 aliphatic carbocycles. The Morgan fingerprint density at radius 2 is 2.27 bits per heavy atom. The van der Waals surface area contributed by atoms with E-state index in [1.165, 1.54) is 10.1 Å². The topological polar surface area (TPSA) is 12.9 Å². The first-order chi connectivity index (χ1) is 7.27. The Hall–Kier alpha value is -1.41. The molecule has 0 atom stereocenters. The summed E-state index contributed by atoms with van der Waals surface area (Å²) in [4.78, 5) is 0. The molecule has 0 N–H and O–H groups in total. The Morgan fingerprint density at radius 3 is 3.07 bits per heavy atom. The van der Waals surface area contributed by atoms with Gasteiger partial charge in [-0.2, -0.15) is 4.37 Å². The van der Waals surface area contributed by atoms with E-state index in [4.69, 9.17) is 0 Å². The lowest BCUT2D eigenvalue weighted by molar-refractivity contribution is 1.21. The summed E-state index contributed by atoms with van der Waals surface area (Å²) in [5.41, 5.74) is 2.24. The van der Waals surface area contributed by atoms with E-state index >= 15 is 0 Å². The maximum absolute atomic E-state index is 4.45. The van der Waals surface area contributed by atoms with Crippen LogP contribution in [0.4, 0.5) is 0 Å². The van der Waals surface area contributed by atoms with E-state index in [1.807, 2.05) is 19.1 Å². The molecular weight excluding hydrogens is 202 g/mol. The summed E-state index contributed by atoms with van der Waals surface area (Å²) >= 11 is 1.57. The number of fused-ring (bicyclic) bond motifs is 1. The highest BCUT2D eigenvalue weighted by Crippen LogP contribution is 2.22. The van der Waals surface area contributed by atoms with E-state index in [1.54, 1.807) is 11.5 Å². The summed E-state index contributed by atoms with van der Waals surface area (Å²) in [6.07, 6.45) is 5.04. The number of allylic oxidation sites excluding steroid dienone is 3. The fourth-order valence-electron chi connectivity index (χ4n) is 1.46. The van der Waals surface area contributed by atoms with Crippen molar-refractivity contribution in [3.8, 4) is 0 Å². The van der Waals surface area contributed by atoms with Gasteiger partial charge in [0.25, 0.3) is 0 Å². The number of benzene rings is 1. The first-order valence-corrected chi connectivity index (χ1v) is 5.70. The summed E-state index contributed by atoms with van der Waals surface area (Å²) in [6, 6.07) is 8.35. The van der Waals surface area contributed by atoms with Crippen molar-refractivity contribution in [1.29, 1.82) is 0 Å². The van der Waals surface area contributed by atoms with Crippen molar-refractivity contribution in [2.24, 2.45) is 0 Å². The predicted octanol–water partition coefficient (Wildman–Crippen LogP) is 3.97. The molecule has 2 heteroatoms. The molecule has 1 heterocycles. The Kier molecular flexibility index (Phi) is 2.97. The standard InChI is InChI=1S/C13H13NS/c1-10(2)6-5-8-12-11-7-3-4-9-13(11)15-14-12/h3-7,9H,1,8H2,2H3. The van der Waals surface area contributed by atoms with Crippen LogP contribution in [-0.2, 0) is 6.42 Å². The minimum absolute atomic E-state index is 0.886. The fraction of sp³-hybridized carbons (Fsp3) is 0.154. The molecule has 2 aromatic rings. The van der Waals surface area contributed by atoms with Gasteiger partial charge in [-0.3, -0.25) is 0 Å². The molecule has 0 saturated carbocycles. The summed E-state index contributed by atoms with van der Waals surface area (Å²) in [7, 11) is 0. The van der Waals surface area contributed by atoms with Crippen LogP contribution < -0.4 is 0 Å². The Labute approximate surface area is 93.9 Å². The van der Waals surface area contributed by atoms with Gasteiger partial charge in [0, 0.05) is 11.8 Å². The fourth-order valence-corrected chi connectivity index (χ4v) is 2.26. The molecule has 0 unspecified atom stereocenters. The highest BCUT2D eigenvalue weighted by molar-refractivity contribution is 7.13. The van der Waals surface area contributed by atoms with Crippen LogP contribution in [0.15, 0.2) is 48.6 Å². The molecule has 1 nitrogen and oxygen atoms in total. The molecule has 0 aliphatic rings. The van der Waals surface area contributed by atoms with Gasteiger partial charge in [-0.15, -0.1) is 0 Å². The summed E-state index contributed by atoms with van der Waals surface area (Å²) in [5.74, 6) is 0. The second-order valence-corrected chi connectivity index (χ2v) is 4.38. The van der Waals surface area contributed by atoms with Crippen LogP contribution in [0.3, 0.4) is 0 Å². The molecule has 0 fully saturated rings. The third-order valence-electron chi connectivity index (χ3n) is 2.17. The zero-order chi connectivity index (χ0) is 10.7. The van der Waals surface area contributed by atoms with Crippen molar-refractivity contribution in [3.63, 3.8) is 0 Å². The third-order valence-corrected chi connectivity index (χ3v) is 3.03. The summed E-state index contributed by atoms with van der Waals surface area (Å²) in [6.45, 7) is 5.83. The molecule has 1 aromatic heterocycles. The van der Waals surface area contributed by atoms with Gasteiger partial charge >= 0.3 is 0 Å². The van der Waals surface area contributed by atoms with Gasteiger partial charge in [0.15, 0.2) is 0 Å². The summed E-state index contributed by atoms with van der Waals surface area (Å²) in [5, 5.41) is 1.27. The van der Waals surface area contributed by atoms with E-state index in [2.05, 4.69) is 35.2 Å². The zero-order valence-electron chi connectivity index (χ0n) is 8.73. The predicted molar refractivity (Wildman–Crippen MR) is 67.3 cm³/mol. The molecule has 0 aliphatic heterocycles. The molecule has 0 amide bonds. The highest BCUT2D eigenvalue weighted by atomic mass is 32.1. The maximum atomic E-state index is 4.45. The average molecular weight is 215 g/mol. The van der Waals surface area contributed by atoms with Crippen molar-refractivity contribution < 1.29 is 0 Å². The first-order valence-electron chi connectivity index (χ1n) is 4.93. The number of rotatable bonds is 3. The number of nitrogens with zero attached hydrogens (tertiary/aromatic N) is 1. The van der Waals surface area contributed by atoms with Crippen LogP contribution in [-0.4, -0.2) is 4.37 Å². The average Bonchev–Trinajstić information content (AvgIpc) is 2.62. The van der Waals surface area contributed by atoms with Gasteiger partial charge in [-0.1, -0.05) is 42.5 Å². The third kappa shape index (κ3) is 2.34. The van der Waals surface area contributed by atoms with Gasteiger partial charge in [-0.05, 0) is 24.5 Å². The SMILES string of the molecule is C=C(C)C=CCc1nsc2ccccc12. The van der Waals surface area contributed by atoms with E-state index in [-0.39, 0.29) is 0 Å². The maximum Gasteiger partial charge on any atom is 0.0658 e. The largest absolute Gasteiger partial charge is 0.196 e. The van der Waals surface area contributed by atoms with Crippen LogP contribution >= 0.6 is 11.5 Å². The molecule has 76 valence electrons. The zero-order valence-corrected chi connectivity index (χ0v) is 9.55. The van der Waals surface area contributed by atoms with Gasteiger partial charge in [0.2, 0.25) is 0 Å². The molecule has 0 radical (unpaired) electrons. The number of hydrogen-bond acceptors (Lipinski definition) is 2. The minimum Gasteiger partial charge on any atom is -0.196 e. The number of hydrogen-bond donors (Lipinski definition) is 0. The minimum atomic E-state index is 0.886. The van der Waals surface area contributed by atoms with E-state index in [0.717, 1.165) is 17.7 Å². The van der Waals surface area contributed by atoms with Crippen molar-refractivity contribution in [3.05, 3.63) is 54.3 Å². The molecule has 0 spiro atoms. The van der Waals surface area contributed by atoms with Gasteiger partial charge in [-0.25, -0.2) is 0 Å². The molecule has 2 rings (SSSR count). The van der Waals surface area contributed by atoms with E-state index in [9.17, 15) is 0 Å². The first kappa shape index (κ1) is 10.1.